The normalized spacial score (nSPS) is 21.1. The molecule has 3 N–H and O–H groups in total. The summed E-state index contributed by atoms with van der Waals surface area (Å²) >= 11 is 0. The fraction of sp³-hybridized carbons (Fsp3) is 0.500. The maximum Gasteiger partial charge on any atom is 0.170 e. The van der Waals surface area contributed by atoms with E-state index >= 15 is 13.2 Å². The fourth-order valence-corrected chi connectivity index (χ4v) is 17.0. The van der Waals surface area contributed by atoms with Crippen molar-refractivity contribution < 1.29 is 28.5 Å². The Morgan fingerprint density at radius 3 is 1.03 bits per heavy atom. The lowest BCUT2D eigenvalue weighted by atomic mass is 9.81. The van der Waals surface area contributed by atoms with Crippen molar-refractivity contribution in [1.29, 1.82) is 0 Å². The first-order valence-corrected chi connectivity index (χ1v) is 37.9. The van der Waals surface area contributed by atoms with Crippen LogP contribution >= 0.6 is 0 Å². The Kier molecular flexibility index (Phi) is 19.4. The standard InChI is InChI=1S/C29H35FN4O.C28H33FN4O.C27H33FN4O/c1-19-6-3-4-7-24(19)21-8-13-33(14-9-21)27-25-17-22(34-15-10-23(35)18-34)16-20(2)26(25)31-28(32-27)29(30)11-5-12-29;1-18-5-3-4-6-23(18)20-7-12-32(13-8-20)26-24-16-21(33-14-9-22(34)17-33)15-19(2)25(24)30-27(31-26)28(29)10-11-28;1-18-6-4-5-7-22(18)20-8-12-32(13-9-20)25-23-17-21(31(3)14-15-33)16-19(2)24(23)29-26(30-25)27(28)10-11-27/h3-4,6-7,16-17,21,23,35H,5,8-15,18H2,1-2H3;3-6,15-16,20,22,34H,7-14,17H2,1-2H3;4-7,16-17,20,33H,8-15H2,1-3H3/t23-;22-;/m11./s1. The van der Waals surface area contributed by atoms with Gasteiger partial charge in [0, 0.05) is 112 Å². The van der Waals surface area contributed by atoms with Crippen molar-refractivity contribution in [3.05, 3.63) is 177 Å². The summed E-state index contributed by atoms with van der Waals surface area (Å²) in [6, 6.07) is 38.8. The third-order valence-corrected chi connectivity index (χ3v) is 23.8. The number of piperidine rings is 3. The van der Waals surface area contributed by atoms with Gasteiger partial charge in [-0.1, -0.05) is 72.8 Å². The number of aryl methyl sites for hydroxylation is 6. The largest absolute Gasteiger partial charge is 0.395 e. The molecule has 8 heterocycles. The molecule has 3 saturated carbocycles. The van der Waals surface area contributed by atoms with Gasteiger partial charge in [-0.05, 0) is 242 Å². The Labute approximate surface area is 599 Å². The highest BCUT2D eigenvalue weighted by Gasteiger charge is 2.50. The highest BCUT2D eigenvalue weighted by atomic mass is 19.2. The Hall–Kier alpha value is -8.19. The van der Waals surface area contributed by atoms with E-state index in [1.54, 1.807) is 0 Å². The average molecular weight is 1380 g/mol. The van der Waals surface area contributed by atoms with Crippen LogP contribution in [0.15, 0.2) is 109 Å². The maximum absolute atomic E-state index is 15.6. The van der Waals surface area contributed by atoms with Crippen molar-refractivity contribution in [2.24, 2.45) is 0 Å². The van der Waals surface area contributed by atoms with Gasteiger partial charge in [0.25, 0.3) is 0 Å². The molecule has 0 amide bonds. The van der Waals surface area contributed by atoms with Gasteiger partial charge in [0.05, 0.1) is 35.4 Å². The Morgan fingerprint density at radius 1 is 0.402 bits per heavy atom. The van der Waals surface area contributed by atoms with Crippen LogP contribution in [0.5, 0.6) is 0 Å². The van der Waals surface area contributed by atoms with Crippen LogP contribution in [0, 0.1) is 41.5 Å². The molecule has 8 fully saturated rings. The van der Waals surface area contributed by atoms with E-state index in [9.17, 15) is 15.3 Å². The van der Waals surface area contributed by atoms with E-state index in [-0.39, 0.29) is 18.8 Å². The van der Waals surface area contributed by atoms with E-state index in [1.165, 1.54) is 33.4 Å². The summed E-state index contributed by atoms with van der Waals surface area (Å²) in [4.78, 5) is 42.4. The molecule has 5 saturated heterocycles. The number of benzene rings is 6. The summed E-state index contributed by atoms with van der Waals surface area (Å²) in [6.07, 6.45) is 11.3. The zero-order chi connectivity index (χ0) is 70.8. The third-order valence-electron chi connectivity index (χ3n) is 23.8. The summed E-state index contributed by atoms with van der Waals surface area (Å²) in [5, 5.41) is 32.5. The van der Waals surface area contributed by atoms with Crippen LogP contribution < -0.4 is 29.4 Å². The predicted molar refractivity (Wildman–Crippen MR) is 406 cm³/mol. The molecule has 3 aromatic heterocycles. The third kappa shape index (κ3) is 14.1. The van der Waals surface area contributed by atoms with Gasteiger partial charge in [0.15, 0.2) is 34.5 Å². The molecule has 3 aliphatic carbocycles. The van der Waals surface area contributed by atoms with Crippen molar-refractivity contribution >= 4 is 67.2 Å². The second-order valence-electron chi connectivity index (χ2n) is 31.1. The summed E-state index contributed by atoms with van der Waals surface area (Å²) in [7, 11) is 1.97. The molecule has 18 heteroatoms. The number of hydrogen-bond acceptors (Lipinski definition) is 15. The number of rotatable bonds is 14. The summed E-state index contributed by atoms with van der Waals surface area (Å²) in [5.74, 6) is 5.28. The molecule has 102 heavy (non-hydrogen) atoms. The molecular weight excluding hydrogens is 1280 g/mol. The highest BCUT2D eigenvalue weighted by Crippen LogP contribution is 2.52. The van der Waals surface area contributed by atoms with Crippen LogP contribution in [0.2, 0.25) is 0 Å². The van der Waals surface area contributed by atoms with Crippen LogP contribution in [-0.4, -0.2) is 143 Å². The number of fused-ring (bicyclic) bond motifs is 3. The minimum Gasteiger partial charge on any atom is -0.395 e. The first-order chi connectivity index (χ1) is 49.2. The zero-order valence-electron chi connectivity index (χ0n) is 60.7. The van der Waals surface area contributed by atoms with Crippen molar-refractivity contribution in [1.82, 2.24) is 29.9 Å². The molecule has 0 bridgehead atoms. The van der Waals surface area contributed by atoms with Gasteiger partial charge in [0.1, 0.15) is 17.5 Å². The van der Waals surface area contributed by atoms with Crippen molar-refractivity contribution in [2.45, 2.75) is 185 Å². The number of halogens is 3. The van der Waals surface area contributed by atoms with Gasteiger partial charge in [-0.15, -0.1) is 0 Å². The first-order valence-electron chi connectivity index (χ1n) is 37.9. The molecule has 15 nitrogen and oxygen atoms in total. The zero-order valence-corrected chi connectivity index (χ0v) is 60.7. The molecular formula is C84H101F3N12O3. The van der Waals surface area contributed by atoms with Crippen LogP contribution in [0.1, 0.15) is 182 Å². The smallest absolute Gasteiger partial charge is 0.170 e. The predicted octanol–water partition coefficient (Wildman–Crippen LogP) is 15.7. The van der Waals surface area contributed by atoms with Crippen molar-refractivity contribution in [3.8, 4) is 0 Å². The second-order valence-corrected chi connectivity index (χ2v) is 31.1. The van der Waals surface area contributed by atoms with Crippen LogP contribution in [0.25, 0.3) is 32.7 Å². The number of anilines is 6. The molecule has 0 unspecified atom stereocenters. The van der Waals surface area contributed by atoms with Crippen molar-refractivity contribution in [2.75, 3.05) is 115 Å². The Morgan fingerprint density at radius 2 is 0.725 bits per heavy atom. The van der Waals surface area contributed by atoms with E-state index in [4.69, 9.17) is 29.9 Å². The highest BCUT2D eigenvalue weighted by molar-refractivity contribution is 5.97. The lowest BCUT2D eigenvalue weighted by molar-refractivity contribution is 0.0512. The van der Waals surface area contributed by atoms with Gasteiger partial charge >= 0.3 is 0 Å². The average Bonchev–Trinajstić information content (AvgIpc) is 1.28. The second kappa shape index (κ2) is 28.5. The lowest BCUT2D eigenvalue weighted by Gasteiger charge is -2.36. The summed E-state index contributed by atoms with van der Waals surface area (Å²) in [5.41, 5.74) is 13.1. The van der Waals surface area contributed by atoms with E-state index in [1.807, 2.05) is 18.9 Å². The monoisotopic (exact) mass is 1380 g/mol. The number of aromatic nitrogens is 6. The molecule has 9 aromatic rings. The SMILES string of the molecule is Cc1ccccc1C1CCN(c2nc(C3(F)CC3)nc3c(C)cc(N(C)CCO)cc23)CC1.Cc1ccccc1C1CCN(c2nc(C3(F)CC3)nc3c(C)cc(N4CC[C@@H](O)C4)cc23)CC1.Cc1ccccc1C1CCN(c2nc(C3(F)CCC3)nc3c(C)cc(N4CC[C@@H](O)C4)cc23)CC1. The van der Waals surface area contributed by atoms with Gasteiger partial charge in [-0.25, -0.2) is 43.1 Å². The molecule has 0 spiro atoms. The Bertz CT molecular complexity index is 4560. The van der Waals surface area contributed by atoms with Crippen LogP contribution in [0.4, 0.5) is 47.7 Å². The topological polar surface area (TPSA) is 157 Å². The van der Waals surface area contributed by atoms with E-state index in [0.717, 1.165) is 194 Å². The van der Waals surface area contributed by atoms with Gasteiger partial charge < -0.3 is 44.7 Å². The molecule has 17 rings (SSSR count). The maximum atomic E-state index is 15.6. The number of aliphatic hydroxyl groups is 3. The molecule has 2 atom stereocenters. The molecule has 8 aliphatic rings. The lowest BCUT2D eigenvalue weighted by Crippen LogP contribution is -2.36. The summed E-state index contributed by atoms with van der Waals surface area (Å²) in [6.45, 7) is 21.7. The number of alkyl halides is 3. The van der Waals surface area contributed by atoms with Crippen LogP contribution in [-0.2, 0) is 17.0 Å². The first kappa shape index (κ1) is 69.5. The molecule has 5 aliphatic heterocycles. The molecule has 0 radical (unpaired) electrons. The number of aliphatic hydroxyl groups excluding tert-OH is 3. The quantitative estimate of drug-likeness (QED) is 0.0944. The number of likely N-dealkylation sites (N-methyl/N-ethyl adjacent to an activating group) is 1. The summed E-state index contributed by atoms with van der Waals surface area (Å²) < 4.78 is 45.8. The fourth-order valence-electron chi connectivity index (χ4n) is 17.0. The molecule has 6 aromatic carbocycles. The van der Waals surface area contributed by atoms with Crippen LogP contribution in [0.3, 0.4) is 0 Å². The number of nitrogens with zero attached hydrogens (tertiary/aromatic N) is 12. The van der Waals surface area contributed by atoms with E-state index in [0.29, 0.717) is 93.4 Å². The minimum absolute atomic E-state index is 0.0899. The van der Waals surface area contributed by atoms with Gasteiger partial charge in [-0.2, -0.15) is 0 Å². The van der Waals surface area contributed by atoms with Crippen molar-refractivity contribution in [3.63, 3.8) is 0 Å². The Balaban J connectivity index is 0.000000124. The number of β-amino-alcohol motifs (C(OH)–C–C–N with tert-alkyl or cyclic N) is 2. The molecule has 536 valence electrons. The number of hydrogen-bond donors (Lipinski definition) is 3. The van der Waals surface area contributed by atoms with E-state index in [2.05, 4.69) is 168 Å². The van der Waals surface area contributed by atoms with Gasteiger partial charge in [0.2, 0.25) is 0 Å². The van der Waals surface area contributed by atoms with E-state index < -0.39 is 17.0 Å². The van der Waals surface area contributed by atoms with Gasteiger partial charge in [-0.3, -0.25) is 0 Å². The minimum atomic E-state index is -1.40.